The van der Waals surface area contributed by atoms with Crippen LogP contribution in [0.5, 0.6) is 0 Å². The van der Waals surface area contributed by atoms with Crippen molar-refractivity contribution < 1.29 is 45.8 Å². The third-order valence-corrected chi connectivity index (χ3v) is 13.2. The van der Waals surface area contributed by atoms with Crippen LogP contribution >= 0.6 is 15.8 Å². The van der Waals surface area contributed by atoms with Crippen molar-refractivity contribution in [3.05, 3.63) is 146 Å². The van der Waals surface area contributed by atoms with Crippen LogP contribution in [-0.2, 0) is 29.0 Å². The standard InChI is InChI=1S/C31H32O2P2.C7H8.6FH.Rh.Sb/c1-31(2)32-29(23-34(25-15-7-3-8-16-25)26-17-9-4-10-18-26)30(33-31)24-35(27-19-11-5-12-20-27)28-21-13-6-14-22-28;1-2-7-4-3-6(1)5-7;;;;;;;;/h3-22,29-30H,23-24H2,1-2H3;1-4,6-7H,5H2;6*1H;;/q;;;;;;;;;+5/p-6/t29-,30-;;;;;;;;;/m0........./s1. The number of halogens is 6. The second-order valence-corrected chi connectivity index (χ2v) is 22.5. The fourth-order valence-corrected chi connectivity index (χ4v) is 11.0. The minimum absolute atomic E-state index is 0. The first-order chi connectivity index (χ1) is 23.0. The summed E-state index contributed by atoms with van der Waals surface area (Å²) in [5, 5.41) is 5.53. The van der Waals surface area contributed by atoms with Gasteiger partial charge < -0.3 is 9.47 Å². The average Bonchev–Trinajstić information content (AvgIpc) is 3.79. The maximum absolute atomic E-state index is 11.2. The van der Waals surface area contributed by atoms with E-state index in [0.717, 1.165) is 24.2 Å². The van der Waals surface area contributed by atoms with Crippen LogP contribution in [0.25, 0.3) is 0 Å². The molecule has 0 N–H and O–H groups in total. The average molecular weight is 929 g/mol. The Balaban J connectivity index is 0.000000310. The minimum atomic E-state index is -11.2. The molecule has 2 atom stereocenters. The van der Waals surface area contributed by atoms with Crippen LogP contribution in [0.1, 0.15) is 20.3 Å². The topological polar surface area (TPSA) is 18.5 Å². The second-order valence-electron chi connectivity index (χ2n) is 12.6. The van der Waals surface area contributed by atoms with Gasteiger partial charge in [0.25, 0.3) is 0 Å². The summed E-state index contributed by atoms with van der Waals surface area (Å²) in [4.78, 5) is 0. The van der Waals surface area contributed by atoms with Gasteiger partial charge in [-0.15, -0.1) is 0 Å². The smallest absolute Gasteiger partial charge is 0 e. The van der Waals surface area contributed by atoms with Gasteiger partial charge in [0.1, 0.15) is 0 Å². The molecule has 2 nitrogen and oxygen atoms in total. The van der Waals surface area contributed by atoms with Crippen molar-refractivity contribution in [2.24, 2.45) is 11.8 Å². The van der Waals surface area contributed by atoms with E-state index >= 15 is 0 Å². The van der Waals surface area contributed by atoms with Crippen LogP contribution in [-0.4, -0.2) is 49.8 Å². The van der Waals surface area contributed by atoms with Crippen LogP contribution < -0.4 is 21.2 Å². The predicted molar refractivity (Wildman–Crippen MR) is 194 cm³/mol. The molecule has 50 heavy (non-hydrogen) atoms. The normalized spacial score (nSPS) is 22.8. The molecule has 1 fully saturated rings. The summed E-state index contributed by atoms with van der Waals surface area (Å²) in [5.74, 6) is 1.04. The molecule has 1 saturated heterocycles. The molecule has 271 valence electrons. The fraction of sp³-hybridized carbons (Fsp3) is 0.263. The molecule has 4 aromatic carbocycles. The zero-order valence-corrected chi connectivity index (χ0v) is 33.5. The van der Waals surface area contributed by atoms with Crippen LogP contribution in [0.4, 0.5) is 16.9 Å². The van der Waals surface area contributed by atoms with Crippen LogP contribution in [0, 0.1) is 11.8 Å². The molecule has 1 heterocycles. The van der Waals surface area contributed by atoms with E-state index in [-0.39, 0.29) is 31.7 Å². The molecular weight excluding hydrogens is 889 g/mol. The zero-order chi connectivity index (χ0) is 35.2. The molecule has 0 spiro atoms. The van der Waals surface area contributed by atoms with Gasteiger partial charge in [-0.3, -0.25) is 0 Å². The molecule has 2 aliphatic carbocycles. The molecule has 2 bridgehead atoms. The summed E-state index contributed by atoms with van der Waals surface area (Å²) in [6.07, 6.45) is 12.5. The minimum Gasteiger partial charge on any atom is 0 e. The van der Waals surface area contributed by atoms with Crippen molar-refractivity contribution in [2.75, 3.05) is 12.3 Å². The van der Waals surface area contributed by atoms with Crippen molar-refractivity contribution in [2.45, 2.75) is 38.3 Å². The second kappa shape index (κ2) is 16.4. The summed E-state index contributed by atoms with van der Waals surface area (Å²) in [7, 11) is -1.12. The number of ether oxygens (including phenoxy) is 2. The van der Waals surface area contributed by atoms with Crippen LogP contribution in [0.3, 0.4) is 0 Å². The first-order valence-electron chi connectivity index (χ1n) is 16.0. The SMILES string of the molecule is C1=CC2C=CC1C2.CC1(C)O[C@@H](CP(c2ccccc2)c2ccccc2)[C@H](CP(c2ccccc2)c2ccccc2)O1.[F][Sb-]([F])([F])([F])([F])[F].[Rh]. The van der Waals surface area contributed by atoms with E-state index in [4.69, 9.17) is 9.47 Å². The van der Waals surface area contributed by atoms with E-state index in [2.05, 4.69) is 159 Å². The van der Waals surface area contributed by atoms with Gasteiger partial charge in [0.2, 0.25) is 0 Å². The monoisotopic (exact) mass is 928 g/mol. The number of benzene rings is 4. The molecule has 0 saturated carbocycles. The Bertz CT molecular complexity index is 1490. The van der Waals surface area contributed by atoms with Gasteiger partial charge in [-0.25, -0.2) is 0 Å². The summed E-state index contributed by atoms with van der Waals surface area (Å²) in [6.45, 7) is 4.11. The van der Waals surface area contributed by atoms with E-state index in [1.54, 1.807) is 0 Å². The van der Waals surface area contributed by atoms with E-state index in [9.17, 15) is 16.9 Å². The van der Waals surface area contributed by atoms with Crippen LogP contribution in [0.2, 0.25) is 0 Å². The van der Waals surface area contributed by atoms with E-state index in [0.29, 0.717) is 0 Å². The fourth-order valence-electron chi connectivity index (χ4n) is 6.06. The van der Waals surface area contributed by atoms with E-state index in [1.165, 1.54) is 27.6 Å². The van der Waals surface area contributed by atoms with E-state index < -0.39 is 41.1 Å². The Morgan fingerprint density at radius 2 is 0.760 bits per heavy atom. The summed E-state index contributed by atoms with van der Waals surface area (Å²) in [6, 6.07) is 43.6. The summed E-state index contributed by atoms with van der Waals surface area (Å²) < 4.78 is 72.8. The Labute approximate surface area is 308 Å². The van der Waals surface area contributed by atoms with Crippen molar-refractivity contribution >= 4 is 56.5 Å². The molecular formula is C38H40F6O2P2RhSb-. The van der Waals surface area contributed by atoms with Gasteiger partial charge in [-0.05, 0) is 69.2 Å². The Hall–Kier alpha value is -1.84. The molecule has 1 aliphatic heterocycles. The number of hydrogen-bond acceptors (Lipinski definition) is 2. The van der Waals surface area contributed by atoms with Gasteiger partial charge in [0.15, 0.2) is 5.79 Å². The summed E-state index contributed by atoms with van der Waals surface area (Å²) >= 11 is -11.2. The van der Waals surface area contributed by atoms with Crippen molar-refractivity contribution in [1.82, 2.24) is 0 Å². The first kappa shape index (κ1) is 40.9. The molecule has 1 radical (unpaired) electrons. The largest absolute Gasteiger partial charge is 0 e. The number of fused-ring (bicyclic) bond motifs is 2. The Morgan fingerprint density at radius 3 is 0.960 bits per heavy atom. The third kappa shape index (κ3) is 13.9. The molecule has 0 unspecified atom stereocenters. The van der Waals surface area contributed by atoms with Gasteiger partial charge in [0.05, 0.1) is 12.2 Å². The Kier molecular flexibility index (Phi) is 13.5. The predicted octanol–water partition coefficient (Wildman–Crippen LogP) is 9.66. The van der Waals surface area contributed by atoms with Crippen molar-refractivity contribution in [3.63, 3.8) is 0 Å². The number of allylic oxidation sites excluding steroid dienone is 4. The van der Waals surface area contributed by atoms with Crippen molar-refractivity contribution in [1.29, 1.82) is 0 Å². The zero-order valence-electron chi connectivity index (χ0n) is 27.5. The van der Waals surface area contributed by atoms with Crippen molar-refractivity contribution in [3.8, 4) is 0 Å². The Morgan fingerprint density at radius 1 is 0.520 bits per heavy atom. The molecule has 0 aromatic heterocycles. The first-order valence-corrected chi connectivity index (χ1v) is 24.9. The van der Waals surface area contributed by atoms with E-state index in [1.807, 2.05) is 0 Å². The van der Waals surface area contributed by atoms with Gasteiger partial charge in [-0.2, -0.15) is 0 Å². The molecule has 12 heteroatoms. The third-order valence-electron chi connectivity index (χ3n) is 8.04. The molecule has 4 aromatic rings. The maximum atomic E-state index is 9.93. The quantitative estimate of drug-likeness (QED) is 0.0760. The number of rotatable bonds is 8. The van der Waals surface area contributed by atoms with Gasteiger partial charge in [-0.1, -0.05) is 146 Å². The van der Waals surface area contributed by atoms with Gasteiger partial charge in [0, 0.05) is 31.8 Å². The molecule has 3 aliphatic rings. The molecule has 7 rings (SSSR count). The van der Waals surface area contributed by atoms with Crippen LogP contribution in [0.15, 0.2) is 146 Å². The maximum Gasteiger partial charge on any atom is 0 e. The molecule has 0 amide bonds. The summed E-state index contributed by atoms with van der Waals surface area (Å²) in [5.41, 5.74) is 0. The van der Waals surface area contributed by atoms with Gasteiger partial charge >= 0.3 is 36.4 Å². The number of hydrogen-bond donors (Lipinski definition) is 0.